The van der Waals surface area contributed by atoms with Crippen LogP contribution in [0.2, 0.25) is 0 Å². The van der Waals surface area contributed by atoms with Crippen LogP contribution in [0, 0.1) is 0 Å². The molecule has 15 heavy (non-hydrogen) atoms. The van der Waals surface area contributed by atoms with Gasteiger partial charge in [0.05, 0.1) is 0 Å². The van der Waals surface area contributed by atoms with E-state index in [1.165, 1.54) is 18.4 Å². The highest BCUT2D eigenvalue weighted by Crippen LogP contribution is 2.31. The van der Waals surface area contributed by atoms with Crippen molar-refractivity contribution >= 4 is 27.4 Å². The molecule has 0 aliphatic rings. The Labute approximate surface area is 90.9 Å². The molecular formula is C11H10O3S. The number of fused-ring (bicyclic) bond motifs is 1. The number of carboxylic acid groups (broad SMARTS) is 1. The number of ether oxygens (including phenoxy) is 1. The lowest BCUT2D eigenvalue weighted by molar-refractivity contribution is -0.148. The van der Waals surface area contributed by atoms with Gasteiger partial charge in [0.25, 0.3) is 0 Å². The van der Waals surface area contributed by atoms with Crippen LogP contribution in [0.15, 0.2) is 30.3 Å². The van der Waals surface area contributed by atoms with E-state index in [1.54, 1.807) is 0 Å². The third-order valence-electron chi connectivity index (χ3n) is 2.16. The SMILES string of the molecule is CO[C@@H](C(=O)O)c1cc2ccccc2s1. The van der Waals surface area contributed by atoms with Crippen molar-refractivity contribution in [3.8, 4) is 0 Å². The number of aliphatic carboxylic acids is 1. The quantitative estimate of drug-likeness (QED) is 0.868. The van der Waals surface area contributed by atoms with E-state index in [-0.39, 0.29) is 0 Å². The van der Waals surface area contributed by atoms with Gasteiger partial charge in [-0.25, -0.2) is 4.79 Å². The van der Waals surface area contributed by atoms with E-state index in [9.17, 15) is 4.79 Å². The summed E-state index contributed by atoms with van der Waals surface area (Å²) in [5.41, 5.74) is 0. The van der Waals surface area contributed by atoms with Crippen molar-refractivity contribution < 1.29 is 14.6 Å². The first-order chi connectivity index (χ1) is 7.22. The van der Waals surface area contributed by atoms with E-state index in [4.69, 9.17) is 9.84 Å². The Balaban J connectivity index is 2.47. The Morgan fingerprint density at radius 3 is 2.80 bits per heavy atom. The van der Waals surface area contributed by atoms with Gasteiger partial charge in [-0.3, -0.25) is 0 Å². The van der Waals surface area contributed by atoms with Gasteiger partial charge in [0, 0.05) is 16.7 Å². The number of carboxylic acids is 1. The topological polar surface area (TPSA) is 46.5 Å². The summed E-state index contributed by atoms with van der Waals surface area (Å²) in [6, 6.07) is 9.66. The maximum Gasteiger partial charge on any atom is 0.338 e. The number of benzene rings is 1. The highest BCUT2D eigenvalue weighted by Gasteiger charge is 2.20. The third-order valence-corrected chi connectivity index (χ3v) is 3.32. The molecule has 0 aliphatic heterocycles. The summed E-state index contributed by atoms with van der Waals surface area (Å²) < 4.78 is 6.02. The van der Waals surface area contributed by atoms with Crippen molar-refractivity contribution in [1.29, 1.82) is 0 Å². The molecule has 0 radical (unpaired) electrons. The van der Waals surface area contributed by atoms with Crippen LogP contribution >= 0.6 is 11.3 Å². The van der Waals surface area contributed by atoms with Gasteiger partial charge in [0.15, 0.2) is 6.10 Å². The minimum absolute atomic E-state index is 0.728. The van der Waals surface area contributed by atoms with Gasteiger partial charge in [-0.1, -0.05) is 18.2 Å². The molecule has 0 amide bonds. The maximum absolute atomic E-state index is 10.9. The Morgan fingerprint density at radius 1 is 1.47 bits per heavy atom. The fraction of sp³-hybridized carbons (Fsp3) is 0.182. The van der Waals surface area contributed by atoms with Crippen LogP contribution in [-0.2, 0) is 9.53 Å². The summed E-state index contributed by atoms with van der Waals surface area (Å²) in [6.45, 7) is 0. The predicted molar refractivity (Wildman–Crippen MR) is 59.2 cm³/mol. The Kier molecular flexibility index (Phi) is 2.70. The minimum atomic E-state index is -0.955. The second kappa shape index (κ2) is 4.00. The zero-order valence-electron chi connectivity index (χ0n) is 8.14. The van der Waals surface area contributed by atoms with Crippen molar-refractivity contribution in [1.82, 2.24) is 0 Å². The van der Waals surface area contributed by atoms with E-state index in [0.717, 1.165) is 15.0 Å². The van der Waals surface area contributed by atoms with Gasteiger partial charge < -0.3 is 9.84 Å². The standard InChI is InChI=1S/C11H10O3S/c1-14-10(11(12)13)9-6-7-4-2-3-5-8(7)15-9/h2-6,10H,1H3,(H,12,13)/t10-/m1/s1. The lowest BCUT2D eigenvalue weighted by atomic mass is 10.2. The average Bonchev–Trinajstić information content (AvgIpc) is 2.61. The fourth-order valence-electron chi connectivity index (χ4n) is 1.47. The van der Waals surface area contributed by atoms with Crippen molar-refractivity contribution in [3.05, 3.63) is 35.2 Å². The van der Waals surface area contributed by atoms with E-state index < -0.39 is 12.1 Å². The molecule has 1 atom stereocenters. The van der Waals surface area contributed by atoms with Crippen LogP contribution in [0.1, 0.15) is 11.0 Å². The summed E-state index contributed by atoms with van der Waals surface area (Å²) in [4.78, 5) is 11.6. The summed E-state index contributed by atoms with van der Waals surface area (Å²) in [7, 11) is 1.41. The molecule has 0 bridgehead atoms. The average molecular weight is 222 g/mol. The first-order valence-electron chi connectivity index (χ1n) is 4.46. The van der Waals surface area contributed by atoms with Crippen LogP contribution in [0.4, 0.5) is 0 Å². The molecule has 2 aromatic rings. The van der Waals surface area contributed by atoms with E-state index >= 15 is 0 Å². The summed E-state index contributed by atoms with van der Waals surface area (Å²) in [5.74, 6) is -0.955. The van der Waals surface area contributed by atoms with Gasteiger partial charge in [0.1, 0.15) is 0 Å². The molecule has 2 rings (SSSR count). The number of hydrogen-bond acceptors (Lipinski definition) is 3. The molecule has 1 N–H and O–H groups in total. The minimum Gasteiger partial charge on any atom is -0.479 e. The molecule has 0 aliphatic carbocycles. The largest absolute Gasteiger partial charge is 0.479 e. The van der Waals surface area contributed by atoms with Crippen LogP contribution in [0.3, 0.4) is 0 Å². The van der Waals surface area contributed by atoms with Crippen LogP contribution in [0.5, 0.6) is 0 Å². The van der Waals surface area contributed by atoms with Gasteiger partial charge in [-0.05, 0) is 17.5 Å². The van der Waals surface area contributed by atoms with E-state index in [1.807, 2.05) is 30.3 Å². The van der Waals surface area contributed by atoms with Gasteiger partial charge in [-0.15, -0.1) is 11.3 Å². The molecular weight excluding hydrogens is 212 g/mol. The molecule has 0 fully saturated rings. The van der Waals surface area contributed by atoms with E-state index in [0.29, 0.717) is 0 Å². The van der Waals surface area contributed by atoms with Crippen molar-refractivity contribution in [2.75, 3.05) is 7.11 Å². The smallest absolute Gasteiger partial charge is 0.338 e. The van der Waals surface area contributed by atoms with Crippen molar-refractivity contribution in [2.24, 2.45) is 0 Å². The molecule has 1 aromatic heterocycles. The van der Waals surface area contributed by atoms with Gasteiger partial charge in [0.2, 0.25) is 0 Å². The Bertz CT molecular complexity index is 456. The number of hydrogen-bond donors (Lipinski definition) is 1. The lowest BCUT2D eigenvalue weighted by Gasteiger charge is -2.06. The molecule has 78 valence electrons. The molecule has 0 saturated carbocycles. The first-order valence-corrected chi connectivity index (χ1v) is 5.28. The molecule has 0 saturated heterocycles. The fourth-order valence-corrected chi connectivity index (χ4v) is 2.61. The Hall–Kier alpha value is -1.39. The van der Waals surface area contributed by atoms with Crippen LogP contribution in [-0.4, -0.2) is 18.2 Å². The van der Waals surface area contributed by atoms with Gasteiger partial charge in [-0.2, -0.15) is 0 Å². The third kappa shape index (κ3) is 1.86. The molecule has 4 heteroatoms. The number of methoxy groups -OCH3 is 1. The molecule has 3 nitrogen and oxygen atoms in total. The maximum atomic E-state index is 10.9. The van der Waals surface area contributed by atoms with E-state index in [2.05, 4.69) is 0 Å². The number of rotatable bonds is 3. The molecule has 0 spiro atoms. The highest BCUT2D eigenvalue weighted by atomic mass is 32.1. The van der Waals surface area contributed by atoms with Crippen molar-refractivity contribution in [3.63, 3.8) is 0 Å². The zero-order chi connectivity index (χ0) is 10.8. The summed E-state index contributed by atoms with van der Waals surface area (Å²) in [6.07, 6.45) is -0.859. The Morgan fingerprint density at radius 2 is 2.20 bits per heavy atom. The van der Waals surface area contributed by atoms with Crippen LogP contribution < -0.4 is 0 Å². The predicted octanol–water partition coefficient (Wildman–Crippen LogP) is 2.67. The second-order valence-corrected chi connectivity index (χ2v) is 4.26. The number of carbonyl (C=O) groups is 1. The number of thiophene rings is 1. The van der Waals surface area contributed by atoms with Gasteiger partial charge >= 0.3 is 5.97 Å². The first kappa shape index (κ1) is 10.1. The summed E-state index contributed by atoms with van der Waals surface area (Å²) >= 11 is 1.45. The lowest BCUT2D eigenvalue weighted by Crippen LogP contribution is -2.11. The summed E-state index contributed by atoms with van der Waals surface area (Å²) in [5, 5.41) is 9.99. The second-order valence-electron chi connectivity index (χ2n) is 3.14. The van der Waals surface area contributed by atoms with Crippen molar-refractivity contribution in [2.45, 2.75) is 6.10 Å². The molecule has 1 heterocycles. The monoisotopic (exact) mass is 222 g/mol. The van der Waals surface area contributed by atoms with Crippen LogP contribution in [0.25, 0.3) is 10.1 Å². The normalized spacial score (nSPS) is 12.9. The molecule has 0 unspecified atom stereocenters. The zero-order valence-corrected chi connectivity index (χ0v) is 8.95. The highest BCUT2D eigenvalue weighted by molar-refractivity contribution is 7.19. The molecule has 1 aromatic carbocycles.